The largest absolute Gasteiger partial charge is 1.00 e. The fraction of sp³-hybridized carbons (Fsp3) is 0.926. The number of fused-ring (bicyclic) bond motifs is 5. The van der Waals surface area contributed by atoms with E-state index in [4.69, 9.17) is 9.47 Å². The molecule has 5 fully saturated rings. The molecule has 0 radical (unpaired) electrons. The van der Waals surface area contributed by atoms with Crippen molar-refractivity contribution in [1.82, 2.24) is 0 Å². The first-order valence-corrected chi connectivity index (χ1v) is 15.6. The standard InChI is InChI=1S/C27H44O11S.Na/c1-3-14-4-6-16-15-5-7-18-23(19(30)9-11-27(18,13-29)17(15)8-10-26(14,16)2)37-25-22(32)24(38-39(33,34)35)21(31)20(12-28)36-25;/h3,14-25,28-32H,1,4-13H2,2H3,(H,33,34,35);/q;+1/p-1/t14-,15-,16-,17-,18-,19-,20+,21+,22+,23+,24-,25-,26+,27-;/m0./s1. The third-order valence-corrected chi connectivity index (χ3v) is 11.9. The van der Waals surface area contributed by atoms with E-state index >= 15 is 0 Å². The SMILES string of the molecule is C=C[C@H]1CC[C@H]2[C@@H]3CC[C@H]4[C@@H](O[C@@H]5O[C@H](CO)[C@@H](O)[C@H](OS(=O)(=O)[O-])[C@H]5O)[C@@H](O)CC[C@]4(CO)[C@H]3CC[C@]12C.[Na+]. The Hall–Kier alpha value is 0.330. The minimum atomic E-state index is -5.30. The molecule has 5 N–H and O–H groups in total. The van der Waals surface area contributed by atoms with E-state index in [2.05, 4.69) is 23.8 Å². The zero-order valence-electron chi connectivity index (χ0n) is 23.4. The molecule has 5 aliphatic rings. The van der Waals surface area contributed by atoms with Gasteiger partial charge in [0.05, 0.1) is 18.8 Å². The molecule has 11 nitrogen and oxygen atoms in total. The van der Waals surface area contributed by atoms with Crippen molar-refractivity contribution in [3.05, 3.63) is 12.7 Å². The molecule has 4 aliphatic carbocycles. The third-order valence-electron chi connectivity index (χ3n) is 11.4. The average Bonchev–Trinajstić information content (AvgIpc) is 3.25. The van der Waals surface area contributed by atoms with Crippen LogP contribution >= 0.6 is 0 Å². The fourth-order valence-corrected chi connectivity index (χ4v) is 10.0. The van der Waals surface area contributed by atoms with Gasteiger partial charge in [0, 0.05) is 12.0 Å². The van der Waals surface area contributed by atoms with Gasteiger partial charge in [-0.05, 0) is 86.4 Å². The van der Waals surface area contributed by atoms with Crippen LogP contribution in [0.4, 0.5) is 0 Å². The monoisotopic (exact) mass is 598 g/mol. The van der Waals surface area contributed by atoms with E-state index in [0.717, 1.165) is 32.1 Å². The summed E-state index contributed by atoms with van der Waals surface area (Å²) in [6.07, 6.45) is -1.38. The topological polar surface area (TPSA) is 186 Å². The first-order chi connectivity index (χ1) is 18.4. The quantitative estimate of drug-likeness (QED) is 0.0899. The minimum absolute atomic E-state index is 0. The molecule has 1 saturated heterocycles. The number of allylic oxidation sites excluding steroid dienone is 1. The predicted octanol–water partition coefficient (Wildman–Crippen LogP) is -2.55. The summed E-state index contributed by atoms with van der Waals surface area (Å²) in [5.41, 5.74) is -0.294. The number of aliphatic hydroxyl groups excluding tert-OH is 5. The molecule has 0 spiro atoms. The van der Waals surface area contributed by atoms with Crippen molar-refractivity contribution in [2.75, 3.05) is 13.2 Å². The van der Waals surface area contributed by atoms with E-state index in [1.54, 1.807) is 0 Å². The first kappa shape index (κ1) is 33.2. The summed E-state index contributed by atoms with van der Waals surface area (Å²) in [6, 6.07) is 0. The van der Waals surface area contributed by atoms with E-state index in [9.17, 15) is 38.5 Å². The molecule has 0 aromatic rings. The van der Waals surface area contributed by atoms with Gasteiger partial charge in [0.2, 0.25) is 10.4 Å². The Morgan fingerprint density at radius 3 is 2.30 bits per heavy atom. The minimum Gasteiger partial charge on any atom is -0.726 e. The van der Waals surface area contributed by atoms with Crippen molar-refractivity contribution in [3.63, 3.8) is 0 Å². The molecule has 4 saturated carbocycles. The van der Waals surface area contributed by atoms with Crippen molar-refractivity contribution >= 4 is 10.4 Å². The molecule has 14 atom stereocenters. The second-order valence-electron chi connectivity index (χ2n) is 12.8. The molecular weight excluding hydrogens is 555 g/mol. The van der Waals surface area contributed by atoms with Crippen LogP contribution in [-0.4, -0.2) is 94.6 Å². The molecule has 0 bridgehead atoms. The molecule has 0 unspecified atom stereocenters. The first-order valence-electron chi connectivity index (χ1n) is 14.2. The Labute approximate surface area is 258 Å². The number of ether oxygens (including phenoxy) is 2. The van der Waals surface area contributed by atoms with Gasteiger partial charge in [-0.25, -0.2) is 8.42 Å². The Balaban J connectivity index is 0.00000370. The number of rotatable bonds is 7. The van der Waals surface area contributed by atoms with Crippen LogP contribution in [-0.2, 0) is 24.1 Å². The van der Waals surface area contributed by atoms with E-state index in [1.165, 1.54) is 0 Å². The van der Waals surface area contributed by atoms with Crippen LogP contribution in [0.5, 0.6) is 0 Å². The maximum atomic E-state index is 11.3. The molecule has 40 heavy (non-hydrogen) atoms. The molecule has 0 amide bonds. The summed E-state index contributed by atoms with van der Waals surface area (Å²) >= 11 is 0. The Kier molecular flexibility index (Phi) is 10.3. The number of aliphatic hydroxyl groups is 5. The predicted molar refractivity (Wildman–Crippen MR) is 135 cm³/mol. The number of hydrogen-bond acceptors (Lipinski definition) is 11. The van der Waals surface area contributed by atoms with Crippen molar-refractivity contribution in [3.8, 4) is 0 Å². The van der Waals surface area contributed by atoms with Crippen LogP contribution in [0.2, 0.25) is 0 Å². The molecule has 0 aromatic carbocycles. The third kappa shape index (κ3) is 5.52. The average molecular weight is 599 g/mol. The zero-order valence-corrected chi connectivity index (χ0v) is 26.2. The van der Waals surface area contributed by atoms with Crippen molar-refractivity contribution in [2.24, 2.45) is 40.4 Å². The second-order valence-corrected chi connectivity index (χ2v) is 13.8. The normalized spacial score (nSPS) is 50.7. The van der Waals surface area contributed by atoms with Gasteiger partial charge in [-0.15, -0.1) is 6.58 Å². The molecule has 1 heterocycles. The van der Waals surface area contributed by atoms with Gasteiger partial charge in [-0.3, -0.25) is 4.18 Å². The van der Waals surface area contributed by atoms with Crippen LogP contribution < -0.4 is 29.6 Å². The van der Waals surface area contributed by atoms with E-state index < -0.39 is 65.3 Å². The molecular formula is C27H43NaO11S. The summed E-state index contributed by atoms with van der Waals surface area (Å²) < 4.78 is 49.9. The summed E-state index contributed by atoms with van der Waals surface area (Å²) in [5, 5.41) is 52.9. The molecule has 224 valence electrons. The van der Waals surface area contributed by atoms with Crippen LogP contribution in [0.3, 0.4) is 0 Å². The van der Waals surface area contributed by atoms with Crippen LogP contribution in [0, 0.1) is 40.4 Å². The van der Waals surface area contributed by atoms with Crippen LogP contribution in [0.15, 0.2) is 12.7 Å². The van der Waals surface area contributed by atoms with Gasteiger partial charge in [-0.2, -0.15) is 0 Å². The summed E-state index contributed by atoms with van der Waals surface area (Å²) in [5.74, 6) is 1.46. The van der Waals surface area contributed by atoms with Gasteiger partial charge >= 0.3 is 29.6 Å². The maximum absolute atomic E-state index is 11.3. The zero-order chi connectivity index (χ0) is 28.3. The summed E-state index contributed by atoms with van der Waals surface area (Å²) in [6.45, 7) is 5.66. The van der Waals surface area contributed by atoms with Gasteiger partial charge < -0.3 is 39.6 Å². The van der Waals surface area contributed by atoms with Gasteiger partial charge in [0.1, 0.15) is 24.4 Å². The van der Waals surface area contributed by atoms with E-state index in [0.29, 0.717) is 37.0 Å². The van der Waals surface area contributed by atoms with Crippen molar-refractivity contribution in [2.45, 2.75) is 101 Å². The number of hydrogen-bond donors (Lipinski definition) is 5. The van der Waals surface area contributed by atoms with Crippen molar-refractivity contribution < 1.29 is 81.7 Å². The van der Waals surface area contributed by atoms with E-state index in [1.807, 2.05) is 0 Å². The van der Waals surface area contributed by atoms with Crippen LogP contribution in [0.25, 0.3) is 0 Å². The van der Waals surface area contributed by atoms with Crippen molar-refractivity contribution in [1.29, 1.82) is 0 Å². The van der Waals surface area contributed by atoms with E-state index in [-0.39, 0.29) is 53.4 Å². The molecule has 1 aliphatic heterocycles. The fourth-order valence-electron chi connectivity index (χ4n) is 9.55. The molecule has 0 aromatic heterocycles. The van der Waals surface area contributed by atoms with Gasteiger partial charge in [-0.1, -0.05) is 13.0 Å². The van der Waals surface area contributed by atoms with Gasteiger partial charge in [0.15, 0.2) is 6.29 Å². The summed E-state index contributed by atoms with van der Waals surface area (Å²) in [7, 11) is -5.30. The Bertz CT molecular complexity index is 1010. The molecule has 13 heteroatoms. The molecule has 5 rings (SSSR count). The van der Waals surface area contributed by atoms with Gasteiger partial charge in [0.25, 0.3) is 0 Å². The smallest absolute Gasteiger partial charge is 0.726 e. The Morgan fingerprint density at radius 2 is 1.68 bits per heavy atom. The summed E-state index contributed by atoms with van der Waals surface area (Å²) in [4.78, 5) is 0. The van der Waals surface area contributed by atoms with Crippen LogP contribution in [0.1, 0.15) is 58.3 Å². The Morgan fingerprint density at radius 1 is 0.975 bits per heavy atom. The maximum Gasteiger partial charge on any atom is 1.00 e. The second kappa shape index (κ2) is 12.4.